The van der Waals surface area contributed by atoms with Crippen LogP contribution in [0.3, 0.4) is 0 Å². The zero-order valence-electron chi connectivity index (χ0n) is 10.4. The molecule has 0 spiro atoms. The Balaban J connectivity index is 2.29. The minimum atomic E-state index is 0.161. The highest BCUT2D eigenvalue weighted by Crippen LogP contribution is 2.28. The number of halogens is 2. The predicted molar refractivity (Wildman–Crippen MR) is 81.2 cm³/mol. The molecule has 0 atom stereocenters. The SMILES string of the molecule is CCc1ccc(O)c(N=Cc2ccc(Cl)c(Cl)c2)c1. The molecule has 0 fully saturated rings. The number of aryl methyl sites for hydroxylation is 1. The second-order valence-electron chi connectivity index (χ2n) is 4.11. The average molecular weight is 294 g/mol. The van der Waals surface area contributed by atoms with Crippen molar-refractivity contribution in [3.63, 3.8) is 0 Å². The molecule has 0 unspecified atom stereocenters. The van der Waals surface area contributed by atoms with E-state index in [0.29, 0.717) is 15.7 Å². The zero-order valence-corrected chi connectivity index (χ0v) is 11.9. The summed E-state index contributed by atoms with van der Waals surface area (Å²) in [5, 5.41) is 10.7. The van der Waals surface area contributed by atoms with Crippen LogP contribution in [0.5, 0.6) is 5.75 Å². The number of nitrogens with zero attached hydrogens (tertiary/aromatic N) is 1. The van der Waals surface area contributed by atoms with Crippen LogP contribution < -0.4 is 0 Å². The number of benzene rings is 2. The fourth-order valence-electron chi connectivity index (χ4n) is 1.63. The number of aliphatic imine (C=N–C) groups is 1. The minimum absolute atomic E-state index is 0.161. The van der Waals surface area contributed by atoms with E-state index < -0.39 is 0 Å². The molecule has 2 aromatic rings. The van der Waals surface area contributed by atoms with E-state index >= 15 is 0 Å². The molecule has 0 saturated carbocycles. The van der Waals surface area contributed by atoms with Crippen LogP contribution in [0.2, 0.25) is 10.0 Å². The number of hydrogen-bond acceptors (Lipinski definition) is 2. The lowest BCUT2D eigenvalue weighted by atomic mass is 10.1. The monoisotopic (exact) mass is 293 g/mol. The first kappa shape index (κ1) is 13.9. The Morgan fingerprint density at radius 3 is 2.58 bits per heavy atom. The van der Waals surface area contributed by atoms with E-state index in [0.717, 1.165) is 17.5 Å². The molecule has 0 heterocycles. The van der Waals surface area contributed by atoms with Crippen LogP contribution in [0.15, 0.2) is 41.4 Å². The van der Waals surface area contributed by atoms with Gasteiger partial charge in [-0.05, 0) is 41.8 Å². The van der Waals surface area contributed by atoms with Gasteiger partial charge in [-0.2, -0.15) is 0 Å². The maximum atomic E-state index is 9.75. The summed E-state index contributed by atoms with van der Waals surface area (Å²) in [6.45, 7) is 2.05. The number of phenolic OH excluding ortho intramolecular Hbond substituents is 1. The van der Waals surface area contributed by atoms with Crippen molar-refractivity contribution in [1.82, 2.24) is 0 Å². The molecule has 19 heavy (non-hydrogen) atoms. The van der Waals surface area contributed by atoms with Gasteiger partial charge in [0.2, 0.25) is 0 Å². The van der Waals surface area contributed by atoms with Crippen LogP contribution in [0.25, 0.3) is 0 Å². The standard InChI is InChI=1S/C15H13Cl2NO/c1-2-10-4-6-15(19)14(8-10)18-9-11-3-5-12(16)13(17)7-11/h3-9,19H,2H2,1H3. The molecule has 0 bridgehead atoms. The molecule has 0 aliphatic carbocycles. The summed E-state index contributed by atoms with van der Waals surface area (Å²) in [6, 6.07) is 10.7. The van der Waals surface area contributed by atoms with E-state index in [1.165, 1.54) is 0 Å². The molecule has 2 aromatic carbocycles. The molecule has 0 saturated heterocycles. The Bertz CT molecular complexity index is 624. The number of aromatic hydroxyl groups is 1. The van der Waals surface area contributed by atoms with Gasteiger partial charge in [-0.1, -0.05) is 42.3 Å². The third-order valence-electron chi connectivity index (χ3n) is 2.74. The van der Waals surface area contributed by atoms with Crippen LogP contribution in [0, 0.1) is 0 Å². The van der Waals surface area contributed by atoms with Crippen molar-refractivity contribution in [2.75, 3.05) is 0 Å². The summed E-state index contributed by atoms with van der Waals surface area (Å²) in [4.78, 5) is 4.28. The molecular formula is C15H13Cl2NO. The van der Waals surface area contributed by atoms with E-state index in [4.69, 9.17) is 23.2 Å². The molecule has 2 rings (SSSR count). The smallest absolute Gasteiger partial charge is 0.141 e. The maximum absolute atomic E-state index is 9.75. The Labute approximate surface area is 122 Å². The second kappa shape index (κ2) is 6.09. The van der Waals surface area contributed by atoms with E-state index in [9.17, 15) is 5.11 Å². The van der Waals surface area contributed by atoms with Crippen molar-refractivity contribution in [3.8, 4) is 5.75 Å². The lowest BCUT2D eigenvalue weighted by Gasteiger charge is -2.02. The van der Waals surface area contributed by atoms with Gasteiger partial charge in [0.15, 0.2) is 0 Å². The summed E-state index contributed by atoms with van der Waals surface area (Å²) >= 11 is 11.8. The molecule has 2 nitrogen and oxygen atoms in total. The Kier molecular flexibility index (Phi) is 4.46. The molecule has 4 heteroatoms. The Morgan fingerprint density at radius 1 is 1.11 bits per heavy atom. The van der Waals surface area contributed by atoms with Gasteiger partial charge < -0.3 is 5.11 Å². The summed E-state index contributed by atoms with van der Waals surface area (Å²) < 4.78 is 0. The number of hydrogen-bond donors (Lipinski definition) is 1. The van der Waals surface area contributed by atoms with Crippen LogP contribution in [-0.4, -0.2) is 11.3 Å². The van der Waals surface area contributed by atoms with Crippen LogP contribution in [0.4, 0.5) is 5.69 Å². The summed E-state index contributed by atoms with van der Waals surface area (Å²) in [7, 11) is 0. The molecule has 0 aliphatic heterocycles. The fraction of sp³-hybridized carbons (Fsp3) is 0.133. The Hall–Kier alpha value is -1.51. The summed E-state index contributed by atoms with van der Waals surface area (Å²) in [6.07, 6.45) is 2.55. The van der Waals surface area contributed by atoms with E-state index in [1.807, 2.05) is 18.2 Å². The first-order valence-corrected chi connectivity index (χ1v) is 6.66. The van der Waals surface area contributed by atoms with Crippen LogP contribution in [0.1, 0.15) is 18.1 Å². The van der Waals surface area contributed by atoms with Crippen LogP contribution >= 0.6 is 23.2 Å². The van der Waals surface area contributed by atoms with Crippen molar-refractivity contribution < 1.29 is 5.11 Å². The van der Waals surface area contributed by atoms with Crippen molar-refractivity contribution in [1.29, 1.82) is 0 Å². The third-order valence-corrected chi connectivity index (χ3v) is 3.48. The van der Waals surface area contributed by atoms with Gasteiger partial charge in [0.25, 0.3) is 0 Å². The lowest BCUT2D eigenvalue weighted by Crippen LogP contribution is -1.83. The van der Waals surface area contributed by atoms with Gasteiger partial charge in [0.1, 0.15) is 11.4 Å². The van der Waals surface area contributed by atoms with E-state index in [1.54, 1.807) is 24.4 Å². The quantitative estimate of drug-likeness (QED) is 0.793. The molecule has 1 N–H and O–H groups in total. The average Bonchev–Trinajstić information content (AvgIpc) is 2.41. The van der Waals surface area contributed by atoms with Crippen molar-refractivity contribution >= 4 is 35.1 Å². The third kappa shape index (κ3) is 3.49. The lowest BCUT2D eigenvalue weighted by molar-refractivity contribution is 0.476. The first-order chi connectivity index (χ1) is 9.10. The van der Waals surface area contributed by atoms with Crippen LogP contribution in [-0.2, 0) is 6.42 Å². The topological polar surface area (TPSA) is 32.6 Å². The number of phenols is 1. The molecular weight excluding hydrogens is 281 g/mol. The molecule has 0 aliphatic rings. The van der Waals surface area contributed by atoms with Gasteiger partial charge in [0.05, 0.1) is 10.0 Å². The van der Waals surface area contributed by atoms with E-state index in [2.05, 4.69) is 11.9 Å². The highest BCUT2D eigenvalue weighted by Gasteiger charge is 2.01. The van der Waals surface area contributed by atoms with E-state index in [-0.39, 0.29) is 5.75 Å². The van der Waals surface area contributed by atoms with Gasteiger partial charge in [-0.15, -0.1) is 0 Å². The van der Waals surface area contributed by atoms with Gasteiger partial charge >= 0.3 is 0 Å². The maximum Gasteiger partial charge on any atom is 0.141 e. The molecule has 0 aromatic heterocycles. The zero-order chi connectivity index (χ0) is 13.8. The second-order valence-corrected chi connectivity index (χ2v) is 4.92. The van der Waals surface area contributed by atoms with Gasteiger partial charge in [-0.3, -0.25) is 4.99 Å². The summed E-state index contributed by atoms with van der Waals surface area (Å²) in [5.74, 6) is 0.161. The normalized spacial score (nSPS) is 11.1. The molecule has 0 radical (unpaired) electrons. The minimum Gasteiger partial charge on any atom is -0.506 e. The van der Waals surface area contributed by atoms with Crippen molar-refractivity contribution in [2.45, 2.75) is 13.3 Å². The molecule has 98 valence electrons. The summed E-state index contributed by atoms with van der Waals surface area (Å²) in [5.41, 5.74) is 2.50. The Morgan fingerprint density at radius 2 is 1.89 bits per heavy atom. The van der Waals surface area contributed by atoms with Crippen molar-refractivity contribution in [2.24, 2.45) is 4.99 Å². The number of rotatable bonds is 3. The largest absolute Gasteiger partial charge is 0.506 e. The first-order valence-electron chi connectivity index (χ1n) is 5.91. The highest BCUT2D eigenvalue weighted by molar-refractivity contribution is 6.42. The highest BCUT2D eigenvalue weighted by atomic mass is 35.5. The predicted octanol–water partition coefficient (Wildman–Crippen LogP) is 5.01. The van der Waals surface area contributed by atoms with Crippen molar-refractivity contribution in [3.05, 3.63) is 57.6 Å². The van der Waals surface area contributed by atoms with Gasteiger partial charge in [-0.25, -0.2) is 0 Å². The molecule has 0 amide bonds. The van der Waals surface area contributed by atoms with Gasteiger partial charge in [0, 0.05) is 6.21 Å². The fourth-order valence-corrected chi connectivity index (χ4v) is 1.94.